The van der Waals surface area contributed by atoms with Crippen molar-refractivity contribution in [1.82, 2.24) is 5.32 Å². The summed E-state index contributed by atoms with van der Waals surface area (Å²) in [6.45, 7) is 4.71. The molecule has 3 rings (SSSR count). The minimum atomic E-state index is 0.471. The summed E-state index contributed by atoms with van der Waals surface area (Å²) >= 11 is 8.37. The Morgan fingerprint density at radius 2 is 2.26 bits per heavy atom. The predicted molar refractivity (Wildman–Crippen MR) is 85.3 cm³/mol. The van der Waals surface area contributed by atoms with Crippen LogP contribution in [0, 0.1) is 5.41 Å². The Balaban J connectivity index is 1.96. The molecule has 2 fully saturated rings. The lowest BCUT2D eigenvalue weighted by Gasteiger charge is -2.51. The summed E-state index contributed by atoms with van der Waals surface area (Å²) in [6, 6.07) is 8.51. The van der Waals surface area contributed by atoms with Crippen molar-refractivity contribution in [2.75, 3.05) is 18.8 Å². The van der Waals surface area contributed by atoms with Crippen molar-refractivity contribution >= 4 is 23.4 Å². The van der Waals surface area contributed by atoms with Gasteiger partial charge in [-0.05, 0) is 54.7 Å². The molecule has 3 heteroatoms. The number of piperidine rings is 1. The molecule has 1 nitrogen and oxygen atoms in total. The van der Waals surface area contributed by atoms with Crippen LogP contribution in [0.1, 0.15) is 37.7 Å². The van der Waals surface area contributed by atoms with Crippen LogP contribution in [0.15, 0.2) is 24.3 Å². The average molecular weight is 296 g/mol. The molecule has 3 unspecified atom stereocenters. The van der Waals surface area contributed by atoms with Gasteiger partial charge in [-0.25, -0.2) is 0 Å². The SMILES string of the molecule is CC1SCCCC12CCNCC2c1cccc(Cl)c1. The van der Waals surface area contributed by atoms with E-state index in [2.05, 4.69) is 42.2 Å². The van der Waals surface area contributed by atoms with Crippen molar-refractivity contribution in [2.45, 2.75) is 37.4 Å². The van der Waals surface area contributed by atoms with Crippen molar-refractivity contribution in [1.29, 1.82) is 0 Å². The van der Waals surface area contributed by atoms with Crippen molar-refractivity contribution in [3.63, 3.8) is 0 Å². The predicted octanol–water partition coefficient (Wildman–Crippen LogP) is 4.32. The zero-order chi connectivity index (χ0) is 13.3. The highest BCUT2D eigenvalue weighted by molar-refractivity contribution is 7.99. The number of benzene rings is 1. The van der Waals surface area contributed by atoms with E-state index in [9.17, 15) is 0 Å². The van der Waals surface area contributed by atoms with Gasteiger partial charge in [0.1, 0.15) is 0 Å². The minimum Gasteiger partial charge on any atom is -0.316 e. The Bertz CT molecular complexity index is 444. The second-order valence-electron chi connectivity index (χ2n) is 5.91. The first-order chi connectivity index (χ1) is 9.22. The van der Waals surface area contributed by atoms with Crippen LogP contribution in [0.25, 0.3) is 0 Å². The van der Waals surface area contributed by atoms with Gasteiger partial charge in [0.05, 0.1) is 0 Å². The Morgan fingerprint density at radius 3 is 3.05 bits per heavy atom. The molecular weight excluding hydrogens is 274 g/mol. The third-order valence-electron chi connectivity index (χ3n) is 5.02. The molecule has 0 aromatic heterocycles. The van der Waals surface area contributed by atoms with Crippen LogP contribution in [0.2, 0.25) is 5.02 Å². The number of hydrogen-bond acceptors (Lipinski definition) is 2. The van der Waals surface area contributed by atoms with Gasteiger partial charge in [-0.1, -0.05) is 30.7 Å². The molecule has 1 aromatic carbocycles. The Kier molecular flexibility index (Phi) is 4.11. The van der Waals surface area contributed by atoms with E-state index in [0.717, 1.165) is 16.8 Å². The summed E-state index contributed by atoms with van der Waals surface area (Å²) < 4.78 is 0. The van der Waals surface area contributed by atoms with Gasteiger partial charge in [0.25, 0.3) is 0 Å². The van der Waals surface area contributed by atoms with Crippen LogP contribution in [0.4, 0.5) is 0 Å². The molecule has 2 aliphatic heterocycles. The third-order valence-corrected chi connectivity index (χ3v) is 6.75. The second-order valence-corrected chi connectivity index (χ2v) is 7.80. The van der Waals surface area contributed by atoms with E-state index in [-0.39, 0.29) is 0 Å². The van der Waals surface area contributed by atoms with Crippen LogP contribution in [-0.2, 0) is 0 Å². The lowest BCUT2D eigenvalue weighted by atomic mass is 9.63. The van der Waals surface area contributed by atoms with E-state index in [0.29, 0.717) is 11.3 Å². The van der Waals surface area contributed by atoms with Crippen molar-refractivity contribution < 1.29 is 0 Å². The van der Waals surface area contributed by atoms with Gasteiger partial charge in [-0.3, -0.25) is 0 Å². The van der Waals surface area contributed by atoms with Crippen LogP contribution in [0.3, 0.4) is 0 Å². The van der Waals surface area contributed by atoms with E-state index < -0.39 is 0 Å². The van der Waals surface area contributed by atoms with Crippen LogP contribution < -0.4 is 5.32 Å². The summed E-state index contributed by atoms with van der Waals surface area (Å²) in [5.74, 6) is 1.95. The van der Waals surface area contributed by atoms with Gasteiger partial charge in [0.15, 0.2) is 0 Å². The number of hydrogen-bond donors (Lipinski definition) is 1. The maximum atomic E-state index is 6.20. The molecule has 104 valence electrons. The highest BCUT2D eigenvalue weighted by atomic mass is 35.5. The summed E-state index contributed by atoms with van der Waals surface area (Å²) in [7, 11) is 0. The number of rotatable bonds is 1. The first-order valence-electron chi connectivity index (χ1n) is 7.30. The Morgan fingerprint density at radius 1 is 1.37 bits per heavy atom. The maximum absolute atomic E-state index is 6.20. The fourth-order valence-corrected chi connectivity index (χ4v) is 5.53. The maximum Gasteiger partial charge on any atom is 0.0408 e. The van der Waals surface area contributed by atoms with Crippen LogP contribution in [-0.4, -0.2) is 24.1 Å². The summed E-state index contributed by atoms with van der Waals surface area (Å²) in [6.07, 6.45) is 4.05. The average Bonchev–Trinajstić information content (AvgIpc) is 2.43. The largest absolute Gasteiger partial charge is 0.316 e. The summed E-state index contributed by atoms with van der Waals surface area (Å²) in [5, 5.41) is 5.22. The van der Waals surface area contributed by atoms with Crippen molar-refractivity contribution in [3.05, 3.63) is 34.9 Å². The molecule has 2 aliphatic rings. The van der Waals surface area contributed by atoms with Gasteiger partial charge in [0, 0.05) is 22.7 Å². The van der Waals surface area contributed by atoms with Crippen molar-refractivity contribution in [3.8, 4) is 0 Å². The van der Waals surface area contributed by atoms with Crippen LogP contribution >= 0.6 is 23.4 Å². The van der Waals surface area contributed by atoms with E-state index in [1.54, 1.807) is 0 Å². The molecule has 0 aliphatic carbocycles. The van der Waals surface area contributed by atoms with Gasteiger partial charge < -0.3 is 5.32 Å². The Labute approximate surface area is 125 Å². The van der Waals surface area contributed by atoms with Crippen molar-refractivity contribution in [2.24, 2.45) is 5.41 Å². The number of thioether (sulfide) groups is 1. The Hall–Kier alpha value is -0.180. The molecule has 0 radical (unpaired) electrons. The fourth-order valence-electron chi connectivity index (χ4n) is 3.93. The van der Waals surface area contributed by atoms with E-state index >= 15 is 0 Å². The number of nitrogens with one attached hydrogen (secondary N) is 1. The first kappa shape index (κ1) is 13.8. The topological polar surface area (TPSA) is 12.0 Å². The molecule has 2 heterocycles. The fraction of sp³-hybridized carbons (Fsp3) is 0.625. The highest BCUT2D eigenvalue weighted by Gasteiger charge is 2.46. The van der Waals surface area contributed by atoms with E-state index in [4.69, 9.17) is 11.6 Å². The zero-order valence-corrected chi connectivity index (χ0v) is 13.1. The molecule has 0 amide bonds. The van der Waals surface area contributed by atoms with Gasteiger partial charge in [0.2, 0.25) is 0 Å². The summed E-state index contributed by atoms with van der Waals surface area (Å²) in [5.41, 5.74) is 1.90. The molecule has 0 bridgehead atoms. The third kappa shape index (κ3) is 2.55. The normalized spacial score (nSPS) is 35.5. The van der Waals surface area contributed by atoms with Gasteiger partial charge >= 0.3 is 0 Å². The standard InChI is InChI=1S/C16H22ClNS/c1-12-16(6-3-9-19-12)7-8-18-11-15(16)13-4-2-5-14(17)10-13/h2,4-5,10,12,15,18H,3,6-9,11H2,1H3. The molecule has 19 heavy (non-hydrogen) atoms. The van der Waals surface area contributed by atoms with Gasteiger partial charge in [-0.15, -0.1) is 0 Å². The molecule has 1 N–H and O–H groups in total. The molecule has 1 aromatic rings. The molecule has 2 saturated heterocycles. The molecule has 1 spiro atoms. The molecule has 3 atom stereocenters. The monoisotopic (exact) mass is 295 g/mol. The van der Waals surface area contributed by atoms with E-state index in [1.165, 1.54) is 37.1 Å². The highest BCUT2D eigenvalue weighted by Crippen LogP contribution is 2.53. The zero-order valence-electron chi connectivity index (χ0n) is 11.5. The molecular formula is C16H22ClNS. The van der Waals surface area contributed by atoms with Crippen LogP contribution in [0.5, 0.6) is 0 Å². The molecule has 0 saturated carbocycles. The number of halogens is 1. The lowest BCUT2D eigenvalue weighted by molar-refractivity contribution is 0.142. The minimum absolute atomic E-state index is 0.471. The smallest absolute Gasteiger partial charge is 0.0408 e. The van der Waals surface area contributed by atoms with E-state index in [1.807, 2.05) is 6.07 Å². The lowest BCUT2D eigenvalue weighted by Crippen LogP contribution is -2.49. The van der Waals surface area contributed by atoms with Gasteiger partial charge in [-0.2, -0.15) is 11.8 Å². The first-order valence-corrected chi connectivity index (χ1v) is 8.73. The summed E-state index contributed by atoms with van der Waals surface area (Å²) in [4.78, 5) is 0. The quantitative estimate of drug-likeness (QED) is 0.828. The second kappa shape index (κ2) is 5.67.